The highest BCUT2D eigenvalue weighted by atomic mass is 79.9. The number of rotatable bonds is 6. The Bertz CT molecular complexity index is 572. The Hall–Kier alpha value is -1.12. The van der Waals surface area contributed by atoms with Crippen LogP contribution in [0.25, 0.3) is 0 Å². The molecule has 0 amide bonds. The zero-order chi connectivity index (χ0) is 15.2. The lowest BCUT2D eigenvalue weighted by Gasteiger charge is -2.21. The van der Waals surface area contributed by atoms with Crippen LogP contribution in [0.5, 0.6) is 0 Å². The monoisotopic (exact) mass is 345 g/mol. The Morgan fingerprint density at radius 2 is 1.86 bits per heavy atom. The molecule has 2 aromatic carbocycles. The number of hydrogen-bond acceptors (Lipinski definition) is 1. The van der Waals surface area contributed by atoms with Crippen LogP contribution in [0, 0.1) is 13.8 Å². The molecule has 0 heterocycles. The summed E-state index contributed by atoms with van der Waals surface area (Å²) in [5, 5.41) is 3.70. The summed E-state index contributed by atoms with van der Waals surface area (Å²) in [5.74, 6) is 0. The normalized spacial score (nSPS) is 12.4. The third-order valence-electron chi connectivity index (χ3n) is 3.79. The lowest BCUT2D eigenvalue weighted by Crippen LogP contribution is -2.24. The van der Waals surface area contributed by atoms with E-state index in [4.69, 9.17) is 0 Å². The fourth-order valence-corrected chi connectivity index (χ4v) is 3.28. The minimum Gasteiger partial charge on any atom is -0.310 e. The first-order chi connectivity index (χ1) is 10.1. The number of benzene rings is 2. The lowest BCUT2D eigenvalue weighted by molar-refractivity contribution is 0.528. The first kappa shape index (κ1) is 16.3. The topological polar surface area (TPSA) is 12.0 Å². The van der Waals surface area contributed by atoms with E-state index >= 15 is 0 Å². The molecule has 0 aliphatic rings. The average Bonchev–Trinajstić information content (AvgIpc) is 2.44. The van der Waals surface area contributed by atoms with Gasteiger partial charge in [0.05, 0.1) is 0 Å². The molecule has 1 nitrogen and oxygen atoms in total. The SMILES string of the molecule is CCCNC(Cc1ccccc1C)c1cc(C)cc(Br)c1. The van der Waals surface area contributed by atoms with Gasteiger partial charge in [0.25, 0.3) is 0 Å². The van der Waals surface area contributed by atoms with Crippen LogP contribution in [0.4, 0.5) is 0 Å². The Labute approximate surface area is 136 Å². The van der Waals surface area contributed by atoms with Crippen molar-refractivity contribution in [3.8, 4) is 0 Å². The summed E-state index contributed by atoms with van der Waals surface area (Å²) < 4.78 is 1.16. The highest BCUT2D eigenvalue weighted by molar-refractivity contribution is 9.10. The van der Waals surface area contributed by atoms with Gasteiger partial charge in [-0.1, -0.05) is 53.2 Å². The molecule has 0 aliphatic heterocycles. The lowest BCUT2D eigenvalue weighted by atomic mass is 9.95. The van der Waals surface area contributed by atoms with Crippen LogP contribution in [0.2, 0.25) is 0 Å². The van der Waals surface area contributed by atoms with Crippen LogP contribution >= 0.6 is 15.9 Å². The highest BCUT2D eigenvalue weighted by Gasteiger charge is 2.13. The van der Waals surface area contributed by atoms with E-state index in [1.807, 2.05) is 0 Å². The van der Waals surface area contributed by atoms with Gasteiger partial charge in [0.1, 0.15) is 0 Å². The summed E-state index contributed by atoms with van der Waals surface area (Å²) in [4.78, 5) is 0. The molecule has 21 heavy (non-hydrogen) atoms. The van der Waals surface area contributed by atoms with Gasteiger partial charge in [-0.2, -0.15) is 0 Å². The van der Waals surface area contributed by atoms with E-state index in [1.54, 1.807) is 0 Å². The minimum atomic E-state index is 0.363. The fourth-order valence-electron chi connectivity index (χ4n) is 2.65. The highest BCUT2D eigenvalue weighted by Crippen LogP contribution is 2.25. The van der Waals surface area contributed by atoms with Gasteiger partial charge < -0.3 is 5.32 Å². The van der Waals surface area contributed by atoms with Crippen LogP contribution in [0.3, 0.4) is 0 Å². The molecular weight excluding hydrogens is 322 g/mol. The van der Waals surface area contributed by atoms with E-state index in [9.17, 15) is 0 Å². The molecule has 1 unspecified atom stereocenters. The van der Waals surface area contributed by atoms with E-state index in [0.29, 0.717) is 6.04 Å². The van der Waals surface area contributed by atoms with E-state index in [-0.39, 0.29) is 0 Å². The van der Waals surface area contributed by atoms with Crippen LogP contribution in [-0.2, 0) is 6.42 Å². The van der Waals surface area contributed by atoms with Crippen molar-refractivity contribution >= 4 is 15.9 Å². The van der Waals surface area contributed by atoms with Crippen molar-refractivity contribution in [2.24, 2.45) is 0 Å². The molecule has 0 bridgehead atoms. The summed E-state index contributed by atoms with van der Waals surface area (Å²) in [6.45, 7) is 7.60. The summed E-state index contributed by atoms with van der Waals surface area (Å²) in [6, 6.07) is 15.7. The molecule has 0 saturated carbocycles. The van der Waals surface area contributed by atoms with Gasteiger partial charge in [0.15, 0.2) is 0 Å². The van der Waals surface area contributed by atoms with E-state index in [2.05, 4.69) is 84.5 Å². The zero-order valence-electron chi connectivity index (χ0n) is 13.1. The first-order valence-corrected chi connectivity index (χ1v) is 8.44. The second-order valence-corrected chi connectivity index (χ2v) is 6.61. The number of nitrogens with one attached hydrogen (secondary N) is 1. The van der Waals surface area contributed by atoms with Crippen molar-refractivity contribution in [2.45, 2.75) is 39.7 Å². The van der Waals surface area contributed by atoms with Gasteiger partial charge >= 0.3 is 0 Å². The van der Waals surface area contributed by atoms with Crippen molar-refractivity contribution < 1.29 is 0 Å². The molecule has 112 valence electrons. The second kappa shape index (κ2) is 7.77. The average molecular weight is 346 g/mol. The number of halogens is 1. The molecule has 0 fully saturated rings. The Morgan fingerprint density at radius 1 is 1.10 bits per heavy atom. The molecule has 0 aliphatic carbocycles. The maximum Gasteiger partial charge on any atom is 0.0361 e. The van der Waals surface area contributed by atoms with Crippen LogP contribution in [0.15, 0.2) is 46.9 Å². The van der Waals surface area contributed by atoms with Crippen molar-refractivity contribution in [2.75, 3.05) is 6.54 Å². The number of aryl methyl sites for hydroxylation is 2. The zero-order valence-corrected chi connectivity index (χ0v) is 14.7. The summed E-state index contributed by atoms with van der Waals surface area (Å²) in [5.41, 5.74) is 5.45. The molecule has 0 spiro atoms. The molecular formula is C19H24BrN. The molecule has 2 heteroatoms. The van der Waals surface area contributed by atoms with Gasteiger partial charge in [0.2, 0.25) is 0 Å². The van der Waals surface area contributed by atoms with Crippen molar-refractivity contribution in [1.82, 2.24) is 5.32 Å². The largest absolute Gasteiger partial charge is 0.310 e. The molecule has 0 radical (unpaired) electrons. The van der Waals surface area contributed by atoms with Crippen LogP contribution < -0.4 is 5.32 Å². The Morgan fingerprint density at radius 3 is 2.52 bits per heavy atom. The Kier molecular flexibility index (Phi) is 6.01. The summed E-state index contributed by atoms with van der Waals surface area (Å²) in [6.07, 6.45) is 2.18. The Balaban J connectivity index is 2.27. The maximum atomic E-state index is 3.70. The van der Waals surface area contributed by atoms with E-state index in [0.717, 1.165) is 23.9 Å². The molecule has 0 saturated heterocycles. The summed E-state index contributed by atoms with van der Waals surface area (Å²) >= 11 is 3.62. The molecule has 1 N–H and O–H groups in total. The molecule has 0 aromatic heterocycles. The fraction of sp³-hybridized carbons (Fsp3) is 0.368. The standard InChI is InChI=1S/C19H24BrN/c1-4-9-21-19(13-16-8-6-5-7-15(16)3)17-10-14(2)11-18(20)12-17/h5-8,10-12,19,21H,4,9,13H2,1-3H3. The third-order valence-corrected chi connectivity index (χ3v) is 4.25. The molecule has 2 aromatic rings. The molecule has 1 atom stereocenters. The first-order valence-electron chi connectivity index (χ1n) is 7.65. The van der Waals surface area contributed by atoms with Gasteiger partial charge in [-0.05, 0) is 67.6 Å². The van der Waals surface area contributed by atoms with Crippen molar-refractivity contribution in [3.05, 3.63) is 69.2 Å². The van der Waals surface area contributed by atoms with Crippen molar-refractivity contribution in [3.63, 3.8) is 0 Å². The van der Waals surface area contributed by atoms with Crippen LogP contribution in [-0.4, -0.2) is 6.54 Å². The second-order valence-electron chi connectivity index (χ2n) is 5.70. The van der Waals surface area contributed by atoms with Gasteiger partial charge in [-0.15, -0.1) is 0 Å². The third kappa shape index (κ3) is 4.69. The van der Waals surface area contributed by atoms with Gasteiger partial charge in [0, 0.05) is 10.5 Å². The number of hydrogen-bond donors (Lipinski definition) is 1. The minimum absolute atomic E-state index is 0.363. The molecule has 2 rings (SSSR count). The summed E-state index contributed by atoms with van der Waals surface area (Å²) in [7, 11) is 0. The predicted octanol–water partition coefficient (Wildman–Crippen LogP) is 5.35. The van der Waals surface area contributed by atoms with Crippen molar-refractivity contribution in [1.29, 1.82) is 0 Å². The van der Waals surface area contributed by atoms with E-state index in [1.165, 1.54) is 22.3 Å². The van der Waals surface area contributed by atoms with Gasteiger partial charge in [-0.3, -0.25) is 0 Å². The predicted molar refractivity (Wildman–Crippen MR) is 94.8 cm³/mol. The smallest absolute Gasteiger partial charge is 0.0361 e. The van der Waals surface area contributed by atoms with Gasteiger partial charge in [-0.25, -0.2) is 0 Å². The quantitative estimate of drug-likeness (QED) is 0.743. The van der Waals surface area contributed by atoms with Crippen LogP contribution in [0.1, 0.15) is 41.6 Å². The van der Waals surface area contributed by atoms with E-state index < -0.39 is 0 Å². The maximum absolute atomic E-state index is 3.70.